The number of benzene rings is 4. The summed E-state index contributed by atoms with van der Waals surface area (Å²) in [6.07, 6.45) is 1.96. The van der Waals surface area contributed by atoms with Crippen molar-refractivity contribution < 1.29 is 43.5 Å². The number of hydrogen-bond acceptors (Lipinski definition) is 10. The Morgan fingerprint density at radius 1 is 0.909 bits per heavy atom. The molecule has 2 aliphatic heterocycles. The molecule has 0 aromatic heterocycles. The van der Waals surface area contributed by atoms with Gasteiger partial charge in [0.15, 0.2) is 6.29 Å². The summed E-state index contributed by atoms with van der Waals surface area (Å²) in [5.74, 6) is -5.04. The zero-order valence-electron chi connectivity index (χ0n) is 36.7. The van der Waals surface area contributed by atoms with Crippen LogP contribution >= 0.6 is 11.6 Å². The number of aldehydes is 1. The van der Waals surface area contributed by atoms with Gasteiger partial charge in [-0.1, -0.05) is 54.1 Å². The third-order valence-electron chi connectivity index (χ3n) is 11.9. The number of fused-ring (bicyclic) bond motifs is 5. The van der Waals surface area contributed by atoms with E-state index in [4.69, 9.17) is 23.1 Å². The van der Waals surface area contributed by atoms with Gasteiger partial charge in [-0.2, -0.15) is 0 Å². The van der Waals surface area contributed by atoms with Crippen LogP contribution in [0.5, 0.6) is 5.75 Å². The van der Waals surface area contributed by atoms with Crippen molar-refractivity contribution in [2.24, 2.45) is 11.5 Å². The molecule has 9 N–H and O–H groups in total. The quantitative estimate of drug-likeness (QED) is 0.0719. The van der Waals surface area contributed by atoms with Gasteiger partial charge in [0.1, 0.15) is 42.0 Å². The van der Waals surface area contributed by atoms with Gasteiger partial charge in [-0.3, -0.25) is 38.4 Å². The molecule has 1 fully saturated rings. The number of likely N-dealkylation sites (N-methyl/N-ethyl adjacent to an activating group) is 1. The zero-order chi connectivity index (χ0) is 47.8. The van der Waals surface area contributed by atoms with Crippen LogP contribution in [0.1, 0.15) is 77.4 Å². The lowest BCUT2D eigenvalue weighted by atomic mass is 9.91. The molecular weight excluding hydrogens is 868 g/mol. The molecule has 0 aliphatic carbocycles. The van der Waals surface area contributed by atoms with Crippen molar-refractivity contribution in [2.75, 3.05) is 20.1 Å². The molecule has 66 heavy (non-hydrogen) atoms. The van der Waals surface area contributed by atoms with Gasteiger partial charge in [-0.25, -0.2) is 0 Å². The number of nitrogens with two attached hydrogens (primary N) is 2. The Balaban J connectivity index is 1.31. The molecule has 2 heterocycles. The maximum Gasteiger partial charge on any atom is 0.251 e. The van der Waals surface area contributed by atoms with Crippen molar-refractivity contribution >= 4 is 59.2 Å². The van der Waals surface area contributed by atoms with Crippen molar-refractivity contribution in [3.63, 3.8) is 0 Å². The molecule has 18 heteroatoms. The molecule has 0 radical (unpaired) electrons. The number of rotatable bonds is 14. The largest absolute Gasteiger partial charge is 0.507 e. The molecule has 0 spiro atoms. The summed E-state index contributed by atoms with van der Waals surface area (Å²) < 4.78 is 0. The average Bonchev–Trinajstić information content (AvgIpc) is 3.28. The minimum absolute atomic E-state index is 0.129. The minimum atomic E-state index is -1.47. The number of primary amides is 1. The van der Waals surface area contributed by atoms with E-state index in [1.165, 1.54) is 62.2 Å². The lowest BCUT2D eigenvalue weighted by molar-refractivity contribution is -0.148. The molecule has 17 nitrogen and oxygen atoms in total. The number of phenols is 1. The number of hydrogen-bond donors (Lipinski definition) is 7. The molecule has 2 aliphatic rings. The third kappa shape index (κ3) is 11.0. The highest BCUT2D eigenvalue weighted by Gasteiger charge is 2.40. The van der Waals surface area contributed by atoms with Gasteiger partial charge in [-0.15, -0.1) is 0 Å². The van der Waals surface area contributed by atoms with Crippen LogP contribution in [0, 0.1) is 0 Å². The van der Waals surface area contributed by atoms with Crippen molar-refractivity contribution in [3.05, 3.63) is 112 Å². The lowest BCUT2D eigenvalue weighted by Crippen LogP contribution is -2.62. The van der Waals surface area contributed by atoms with E-state index in [0.717, 1.165) is 16.0 Å². The predicted octanol–water partition coefficient (Wildman–Crippen LogP) is 2.76. The Morgan fingerprint density at radius 2 is 1.59 bits per heavy atom. The molecule has 0 saturated carbocycles. The molecule has 4 aromatic rings. The number of unbranched alkanes of at least 4 members (excludes halogenated alkanes) is 1. The zero-order valence-corrected chi connectivity index (χ0v) is 37.5. The molecule has 4 aromatic carbocycles. The number of nitrogens with one attached hydrogen (secondary N) is 4. The number of phenolic OH excluding ortho intramolecular Hbond substituents is 1. The van der Waals surface area contributed by atoms with Gasteiger partial charge in [0.25, 0.3) is 5.91 Å². The highest BCUT2D eigenvalue weighted by Crippen LogP contribution is 2.36. The van der Waals surface area contributed by atoms with Crippen LogP contribution in [0.25, 0.3) is 22.3 Å². The fourth-order valence-electron chi connectivity index (χ4n) is 8.05. The summed E-state index contributed by atoms with van der Waals surface area (Å²) >= 11 is 6.05. The van der Waals surface area contributed by atoms with Crippen molar-refractivity contribution in [2.45, 2.75) is 82.2 Å². The number of carbonyl (C=O) groups excluding carboxylic acids is 8. The van der Waals surface area contributed by atoms with E-state index >= 15 is 0 Å². The summed E-state index contributed by atoms with van der Waals surface area (Å²) in [5, 5.41) is 22.6. The van der Waals surface area contributed by atoms with Gasteiger partial charge >= 0.3 is 0 Å². The van der Waals surface area contributed by atoms with Crippen LogP contribution in [0.15, 0.2) is 84.9 Å². The van der Waals surface area contributed by atoms with Crippen LogP contribution in [0.2, 0.25) is 5.02 Å². The molecule has 7 amide bonds. The highest BCUT2D eigenvalue weighted by molar-refractivity contribution is 6.30. The van der Waals surface area contributed by atoms with E-state index in [-0.39, 0.29) is 53.0 Å². The van der Waals surface area contributed by atoms with Crippen LogP contribution in [0.4, 0.5) is 0 Å². The SMILES string of the molecule is C[C@@H]1NC(=O)[C@@H](N(C)C(=O)[C@H](CCCCN)NC(=O)c2ccc(-c3ccc(Cl)cc3)cc2)c2ccc(C=O)c(c2)-c2cc(ccc2O)C[C@@H](C(=O)N[C@@H](C)C(=O)N2CC[C@H]2C(N)=O)NC1=O. The molecule has 4 bridgehead atoms. The average molecular weight is 921 g/mol. The lowest BCUT2D eigenvalue weighted by Gasteiger charge is -2.40. The Hall–Kier alpha value is -7.11. The summed E-state index contributed by atoms with van der Waals surface area (Å²) in [4.78, 5) is 111. The summed E-state index contributed by atoms with van der Waals surface area (Å²) in [5.41, 5.74) is 14.3. The maximum atomic E-state index is 14.6. The minimum Gasteiger partial charge on any atom is -0.507 e. The van der Waals surface area contributed by atoms with E-state index < -0.39 is 77.6 Å². The number of aromatic hydroxyl groups is 1. The van der Waals surface area contributed by atoms with E-state index in [1.54, 1.807) is 36.4 Å². The first-order chi connectivity index (χ1) is 31.5. The van der Waals surface area contributed by atoms with Gasteiger partial charge < -0.3 is 47.6 Å². The number of amides is 7. The predicted molar refractivity (Wildman–Crippen MR) is 246 cm³/mol. The molecule has 0 unspecified atom stereocenters. The van der Waals surface area contributed by atoms with Crippen LogP contribution in [-0.2, 0) is 35.2 Å². The number of halogens is 1. The Kier molecular flexibility index (Phi) is 15.6. The second-order valence-corrected chi connectivity index (χ2v) is 17.0. The Bertz CT molecular complexity index is 2520. The van der Waals surface area contributed by atoms with Gasteiger partial charge in [-0.05, 0) is 116 Å². The van der Waals surface area contributed by atoms with Crippen molar-refractivity contribution in [1.29, 1.82) is 0 Å². The first-order valence-electron chi connectivity index (χ1n) is 21.6. The van der Waals surface area contributed by atoms with E-state index in [1.807, 2.05) is 12.1 Å². The Labute approximate surface area is 386 Å². The van der Waals surface area contributed by atoms with Crippen molar-refractivity contribution in [3.8, 4) is 28.0 Å². The summed E-state index contributed by atoms with van der Waals surface area (Å²) in [6.45, 7) is 3.43. The van der Waals surface area contributed by atoms with Crippen LogP contribution in [0.3, 0.4) is 0 Å². The summed E-state index contributed by atoms with van der Waals surface area (Å²) in [6, 6.07) is 15.7. The number of likely N-dealkylation sites (tertiary alicyclic amines) is 1. The van der Waals surface area contributed by atoms with Gasteiger partial charge in [0.05, 0.1) is 0 Å². The van der Waals surface area contributed by atoms with E-state index in [2.05, 4.69) is 21.3 Å². The first-order valence-corrected chi connectivity index (χ1v) is 21.9. The topological polar surface area (TPSA) is 263 Å². The van der Waals surface area contributed by atoms with E-state index in [0.29, 0.717) is 42.7 Å². The van der Waals surface area contributed by atoms with Crippen molar-refractivity contribution in [1.82, 2.24) is 31.1 Å². The standard InChI is InChI=1S/C48H53ClN8O9/c1-26-43(61)55-38(45(63)53-27(2)47(65)57-21-19-39(57)42(51)60)23-28-7-18-40(59)36(22-28)35-24-32(12-13-33(35)25-58)41(46(64)52-26)56(3)48(66)37(6-4-5-20-50)54-44(62)31-10-8-29(9-11-31)30-14-16-34(49)17-15-30/h7-18,22,24-27,37-39,41,59H,4-6,19-21,23,50H2,1-3H3,(H2,51,60)(H,52,64)(H,53,63)(H,54,62)(H,55,61)/t26-,27-,37-,38-,39-,41-/m0/s1. The number of nitrogens with zero attached hydrogens (tertiary/aromatic N) is 2. The van der Waals surface area contributed by atoms with Crippen LogP contribution in [-0.4, -0.2) is 113 Å². The number of carbonyl (C=O) groups is 8. The van der Waals surface area contributed by atoms with Gasteiger partial charge in [0.2, 0.25) is 35.4 Å². The molecule has 1 saturated heterocycles. The van der Waals surface area contributed by atoms with Gasteiger partial charge in [0, 0.05) is 41.7 Å². The fourth-order valence-corrected chi connectivity index (χ4v) is 8.17. The third-order valence-corrected chi connectivity index (χ3v) is 12.2. The maximum absolute atomic E-state index is 14.6. The highest BCUT2D eigenvalue weighted by atomic mass is 35.5. The first kappa shape index (κ1) is 48.3. The normalized spacial score (nSPS) is 19.1. The molecule has 6 atom stereocenters. The second-order valence-electron chi connectivity index (χ2n) is 16.5. The van der Waals surface area contributed by atoms with Crippen LogP contribution < -0.4 is 32.7 Å². The Morgan fingerprint density at radius 3 is 2.21 bits per heavy atom. The smallest absolute Gasteiger partial charge is 0.251 e. The monoisotopic (exact) mass is 920 g/mol. The molecular formula is C48H53ClN8O9. The molecule has 6 rings (SSSR count). The summed E-state index contributed by atoms with van der Waals surface area (Å²) in [7, 11) is 1.38. The fraction of sp³-hybridized carbons (Fsp3) is 0.333. The second kappa shape index (κ2) is 21.3. The molecule has 346 valence electrons. The van der Waals surface area contributed by atoms with E-state index in [9.17, 15) is 43.5 Å².